The zero-order valence-corrected chi connectivity index (χ0v) is 15.4. The summed E-state index contributed by atoms with van der Waals surface area (Å²) in [6, 6.07) is 6.68. The summed E-state index contributed by atoms with van der Waals surface area (Å²) in [6.07, 6.45) is 1.28. The maximum absolute atomic E-state index is 12.0. The molecule has 134 valence electrons. The Hall–Kier alpha value is -1.45. The zero-order valence-electron chi connectivity index (χ0n) is 13.7. The Morgan fingerprint density at radius 2 is 1.92 bits per heavy atom. The smallest absolute Gasteiger partial charge is 0.225 e. The summed E-state index contributed by atoms with van der Waals surface area (Å²) in [6.45, 7) is 1.90. The highest BCUT2D eigenvalue weighted by atomic mass is 32.2. The summed E-state index contributed by atoms with van der Waals surface area (Å²) in [5, 5.41) is 2.70. The fraction of sp³-hybridized carbons (Fsp3) is 0.533. The van der Waals surface area contributed by atoms with E-state index in [4.69, 9.17) is 0 Å². The zero-order chi connectivity index (χ0) is 18.0. The number of nitrogens with one attached hydrogen (secondary N) is 1. The average molecular weight is 374 g/mol. The van der Waals surface area contributed by atoms with E-state index >= 15 is 0 Å². The van der Waals surface area contributed by atoms with Gasteiger partial charge < -0.3 is 5.32 Å². The van der Waals surface area contributed by atoms with Gasteiger partial charge in [-0.3, -0.25) is 4.79 Å². The van der Waals surface area contributed by atoms with Crippen molar-refractivity contribution in [2.24, 2.45) is 0 Å². The molecule has 1 amide bonds. The Kier molecular flexibility index (Phi) is 5.67. The van der Waals surface area contributed by atoms with Gasteiger partial charge in [0.05, 0.1) is 17.8 Å². The first-order valence-corrected chi connectivity index (χ1v) is 11.3. The third kappa shape index (κ3) is 5.29. The maximum atomic E-state index is 12.0. The quantitative estimate of drug-likeness (QED) is 0.793. The third-order valence-corrected chi connectivity index (χ3v) is 7.02. The van der Waals surface area contributed by atoms with E-state index in [1.165, 1.54) is 0 Å². The number of hydrogen-bond acceptors (Lipinski definition) is 5. The lowest BCUT2D eigenvalue weighted by Gasteiger charge is -2.25. The van der Waals surface area contributed by atoms with Crippen molar-refractivity contribution in [2.45, 2.75) is 25.8 Å². The Balaban J connectivity index is 1.98. The number of rotatable bonds is 6. The number of carbonyl (C=O) groups excluding carboxylic acids is 1. The van der Waals surface area contributed by atoms with Gasteiger partial charge in [0, 0.05) is 24.7 Å². The molecule has 1 atom stereocenters. The number of carbonyl (C=O) groups is 1. The number of amides is 1. The fourth-order valence-corrected chi connectivity index (χ4v) is 5.66. The molecule has 0 aliphatic carbocycles. The molecule has 0 spiro atoms. The molecule has 1 aromatic rings. The molecule has 1 saturated heterocycles. The van der Waals surface area contributed by atoms with Crippen LogP contribution in [0, 0.1) is 6.92 Å². The van der Waals surface area contributed by atoms with Crippen molar-refractivity contribution in [3.05, 3.63) is 29.8 Å². The maximum Gasteiger partial charge on any atom is 0.225 e. The number of sulfonamides is 1. The molecule has 0 aromatic heterocycles. The van der Waals surface area contributed by atoms with Gasteiger partial charge in [0.25, 0.3) is 0 Å². The highest BCUT2D eigenvalue weighted by Gasteiger charge is 2.36. The molecular formula is C15H22N2O5S2. The van der Waals surface area contributed by atoms with E-state index in [2.05, 4.69) is 5.32 Å². The first-order valence-electron chi connectivity index (χ1n) is 7.60. The van der Waals surface area contributed by atoms with Gasteiger partial charge in [-0.05, 0) is 25.5 Å². The second-order valence-electron chi connectivity index (χ2n) is 6.09. The largest absolute Gasteiger partial charge is 0.326 e. The molecule has 0 bridgehead atoms. The van der Waals surface area contributed by atoms with Gasteiger partial charge in [-0.15, -0.1) is 0 Å². The molecule has 1 aromatic carbocycles. The van der Waals surface area contributed by atoms with Crippen molar-refractivity contribution in [3.8, 4) is 0 Å². The number of sulfone groups is 1. The van der Waals surface area contributed by atoms with E-state index in [-0.39, 0.29) is 36.8 Å². The van der Waals surface area contributed by atoms with Crippen LogP contribution in [0.2, 0.25) is 0 Å². The molecule has 2 rings (SSSR count). The number of hydrogen-bond donors (Lipinski definition) is 1. The molecule has 1 aliphatic rings. The minimum atomic E-state index is -3.58. The van der Waals surface area contributed by atoms with Crippen molar-refractivity contribution in [3.63, 3.8) is 0 Å². The molecule has 9 heteroatoms. The van der Waals surface area contributed by atoms with Crippen LogP contribution in [0.5, 0.6) is 0 Å². The lowest BCUT2D eigenvalue weighted by molar-refractivity contribution is -0.116. The Morgan fingerprint density at radius 1 is 1.29 bits per heavy atom. The summed E-state index contributed by atoms with van der Waals surface area (Å²) in [4.78, 5) is 12.0. The molecule has 1 heterocycles. The van der Waals surface area contributed by atoms with Crippen LogP contribution in [0.15, 0.2) is 24.3 Å². The van der Waals surface area contributed by atoms with Crippen LogP contribution in [0.25, 0.3) is 0 Å². The van der Waals surface area contributed by atoms with Gasteiger partial charge in [0.15, 0.2) is 9.84 Å². The average Bonchev–Trinajstić information content (AvgIpc) is 2.80. The summed E-state index contributed by atoms with van der Waals surface area (Å²) < 4.78 is 48.2. The first-order chi connectivity index (χ1) is 11.1. The predicted molar refractivity (Wildman–Crippen MR) is 93.0 cm³/mol. The van der Waals surface area contributed by atoms with E-state index in [1.807, 2.05) is 19.1 Å². The molecule has 24 heavy (non-hydrogen) atoms. The van der Waals surface area contributed by atoms with Crippen LogP contribution in [0.1, 0.15) is 18.4 Å². The second kappa shape index (κ2) is 7.20. The fourth-order valence-electron chi connectivity index (χ4n) is 2.69. The standard InChI is InChI=1S/C15H22N2O5S2/c1-12-3-5-13(6-4-12)16-15(18)7-9-17(23(2,19)20)14-8-10-24(21,22)11-14/h3-6,14H,7-11H2,1-2H3,(H,16,18). The van der Waals surface area contributed by atoms with E-state index in [9.17, 15) is 21.6 Å². The molecule has 1 N–H and O–H groups in total. The highest BCUT2D eigenvalue weighted by molar-refractivity contribution is 7.92. The number of benzene rings is 1. The van der Waals surface area contributed by atoms with E-state index in [1.54, 1.807) is 12.1 Å². The van der Waals surface area contributed by atoms with Crippen LogP contribution in [-0.4, -0.2) is 57.4 Å². The van der Waals surface area contributed by atoms with Gasteiger partial charge in [-0.2, -0.15) is 4.31 Å². The lowest BCUT2D eigenvalue weighted by Crippen LogP contribution is -2.42. The molecular weight excluding hydrogens is 352 g/mol. The minimum absolute atomic E-state index is 0.0146. The normalized spacial score (nSPS) is 20.2. The third-order valence-electron chi connectivity index (χ3n) is 3.94. The van der Waals surface area contributed by atoms with Crippen LogP contribution in [0.3, 0.4) is 0 Å². The second-order valence-corrected chi connectivity index (χ2v) is 10.3. The van der Waals surface area contributed by atoms with Crippen molar-refractivity contribution >= 4 is 31.5 Å². The molecule has 1 unspecified atom stereocenters. The topological polar surface area (TPSA) is 101 Å². The van der Waals surface area contributed by atoms with Crippen LogP contribution >= 0.6 is 0 Å². The number of aryl methyl sites for hydroxylation is 1. The molecule has 0 saturated carbocycles. The van der Waals surface area contributed by atoms with Gasteiger partial charge in [-0.25, -0.2) is 16.8 Å². The van der Waals surface area contributed by atoms with Crippen LogP contribution in [-0.2, 0) is 24.7 Å². The van der Waals surface area contributed by atoms with Gasteiger partial charge in [0.2, 0.25) is 15.9 Å². The minimum Gasteiger partial charge on any atom is -0.326 e. The van der Waals surface area contributed by atoms with Crippen LogP contribution < -0.4 is 5.32 Å². The van der Waals surface area contributed by atoms with Gasteiger partial charge in [-0.1, -0.05) is 17.7 Å². The predicted octanol–water partition coefficient (Wildman–Crippen LogP) is 0.772. The first kappa shape index (κ1) is 18.9. The van der Waals surface area contributed by atoms with E-state index < -0.39 is 25.9 Å². The van der Waals surface area contributed by atoms with Crippen LogP contribution in [0.4, 0.5) is 5.69 Å². The van der Waals surface area contributed by atoms with Crippen molar-refractivity contribution in [2.75, 3.05) is 29.6 Å². The summed E-state index contributed by atoms with van der Waals surface area (Å²) in [5.74, 6) is -0.507. The SMILES string of the molecule is Cc1ccc(NC(=O)CCN(C2CCS(=O)(=O)C2)S(C)(=O)=O)cc1. The van der Waals surface area contributed by atoms with Gasteiger partial charge >= 0.3 is 0 Å². The summed E-state index contributed by atoms with van der Waals surface area (Å²) in [5.41, 5.74) is 1.71. The summed E-state index contributed by atoms with van der Waals surface area (Å²) in [7, 11) is -6.78. The van der Waals surface area contributed by atoms with Gasteiger partial charge in [0.1, 0.15) is 0 Å². The molecule has 1 aliphatic heterocycles. The molecule has 1 fully saturated rings. The molecule has 7 nitrogen and oxygen atoms in total. The van der Waals surface area contributed by atoms with E-state index in [0.29, 0.717) is 5.69 Å². The number of anilines is 1. The molecule has 0 radical (unpaired) electrons. The van der Waals surface area contributed by atoms with E-state index in [0.717, 1.165) is 16.1 Å². The number of nitrogens with zero attached hydrogens (tertiary/aromatic N) is 1. The van der Waals surface area contributed by atoms with Crippen molar-refractivity contribution < 1.29 is 21.6 Å². The Morgan fingerprint density at radius 3 is 2.42 bits per heavy atom. The van der Waals surface area contributed by atoms with Crippen molar-refractivity contribution in [1.82, 2.24) is 4.31 Å². The highest BCUT2D eigenvalue weighted by Crippen LogP contribution is 2.20. The monoisotopic (exact) mass is 374 g/mol. The van der Waals surface area contributed by atoms with Crippen molar-refractivity contribution in [1.29, 1.82) is 0 Å². The Labute approximate surface area is 143 Å². The summed E-state index contributed by atoms with van der Waals surface area (Å²) >= 11 is 0. The lowest BCUT2D eigenvalue weighted by atomic mass is 10.2. The Bertz CT molecular complexity index is 801.